The minimum absolute atomic E-state index is 0.0521. The Balaban J connectivity index is 1.46. The Hall–Kier alpha value is -3.47. The molecule has 3 aromatic rings. The summed E-state index contributed by atoms with van der Waals surface area (Å²) in [6.07, 6.45) is 1.01. The van der Waals surface area contributed by atoms with Gasteiger partial charge in [-0.3, -0.25) is 4.79 Å². The van der Waals surface area contributed by atoms with E-state index in [0.717, 1.165) is 23.5 Å². The molecule has 0 radical (unpaired) electrons. The van der Waals surface area contributed by atoms with Gasteiger partial charge in [0.25, 0.3) is 5.91 Å². The number of hydrogen-bond donors (Lipinski definition) is 1. The second-order valence-corrected chi connectivity index (χ2v) is 7.22. The van der Waals surface area contributed by atoms with Gasteiger partial charge in [0.05, 0.1) is 0 Å². The molecule has 0 aliphatic heterocycles. The van der Waals surface area contributed by atoms with Crippen LogP contribution in [-0.2, 0) is 4.79 Å². The summed E-state index contributed by atoms with van der Waals surface area (Å²) in [6, 6.07) is 24.7. The first-order valence-corrected chi connectivity index (χ1v) is 10.6. The van der Waals surface area contributed by atoms with E-state index in [9.17, 15) is 4.79 Å². The Kier molecular flexibility index (Phi) is 8.35. The van der Waals surface area contributed by atoms with Gasteiger partial charge in [0.15, 0.2) is 6.61 Å². The quantitative estimate of drug-likeness (QED) is 0.407. The van der Waals surface area contributed by atoms with Crippen molar-refractivity contribution in [3.8, 4) is 17.2 Å². The molecule has 1 amide bonds. The normalized spacial score (nSPS) is 11.4. The highest BCUT2D eigenvalue weighted by molar-refractivity contribution is 5.92. The molecular weight excluding hydrogens is 390 g/mol. The number of benzene rings is 3. The molecule has 1 atom stereocenters. The molecule has 3 rings (SSSR count). The molecule has 31 heavy (non-hydrogen) atoms. The predicted molar refractivity (Wildman–Crippen MR) is 123 cm³/mol. The molecule has 0 aromatic heterocycles. The number of anilines is 1. The predicted octanol–water partition coefficient (Wildman–Crippen LogP) is 5.68. The first kappa shape index (κ1) is 22.2. The molecule has 0 fully saturated rings. The summed E-state index contributed by atoms with van der Waals surface area (Å²) in [7, 11) is 0. The molecule has 0 heterocycles. The molecule has 162 valence electrons. The summed E-state index contributed by atoms with van der Waals surface area (Å²) in [5, 5.41) is 2.86. The van der Waals surface area contributed by atoms with Gasteiger partial charge in [-0.15, -0.1) is 0 Å². The van der Waals surface area contributed by atoms with E-state index in [0.29, 0.717) is 30.6 Å². The number of carbonyl (C=O) groups excluding carboxylic acids is 1. The summed E-state index contributed by atoms with van der Waals surface area (Å²) in [4.78, 5) is 12.4. The van der Waals surface area contributed by atoms with Gasteiger partial charge in [0, 0.05) is 11.8 Å². The fourth-order valence-electron chi connectivity index (χ4n) is 3.08. The van der Waals surface area contributed by atoms with Crippen LogP contribution >= 0.6 is 0 Å². The molecule has 5 heteroatoms. The van der Waals surface area contributed by atoms with Crippen molar-refractivity contribution in [3.05, 3.63) is 84.4 Å². The van der Waals surface area contributed by atoms with E-state index in [1.54, 1.807) is 6.07 Å². The third-order valence-corrected chi connectivity index (χ3v) is 4.90. The Bertz CT molecular complexity index is 958. The maximum absolute atomic E-state index is 12.4. The molecule has 3 aromatic carbocycles. The molecular formula is C26H29NO4. The molecule has 0 aliphatic rings. The lowest BCUT2D eigenvalue weighted by molar-refractivity contribution is -0.118. The molecule has 0 saturated carbocycles. The van der Waals surface area contributed by atoms with E-state index in [2.05, 4.69) is 19.2 Å². The highest BCUT2D eigenvalue weighted by atomic mass is 16.5. The fourth-order valence-corrected chi connectivity index (χ4v) is 3.08. The van der Waals surface area contributed by atoms with Crippen molar-refractivity contribution in [1.82, 2.24) is 0 Å². The minimum Gasteiger partial charge on any atom is -0.490 e. The zero-order valence-corrected chi connectivity index (χ0v) is 18.0. The number of nitrogens with one attached hydrogen (secondary N) is 1. The molecule has 0 aliphatic carbocycles. The van der Waals surface area contributed by atoms with E-state index in [4.69, 9.17) is 14.2 Å². The van der Waals surface area contributed by atoms with Gasteiger partial charge in [-0.05, 0) is 48.2 Å². The zero-order chi connectivity index (χ0) is 21.9. The van der Waals surface area contributed by atoms with Gasteiger partial charge in [-0.25, -0.2) is 0 Å². The van der Waals surface area contributed by atoms with Gasteiger partial charge >= 0.3 is 0 Å². The summed E-state index contributed by atoms with van der Waals surface area (Å²) in [6.45, 7) is 5.07. The zero-order valence-electron chi connectivity index (χ0n) is 18.0. The molecule has 1 unspecified atom stereocenters. The Labute approximate surface area is 184 Å². The lowest BCUT2D eigenvalue weighted by atomic mass is 9.98. The SMILES string of the molecule is CCC(C)c1ccccc1OCC(=O)Nc1cccc(OCCOc2ccccc2)c1. The van der Waals surface area contributed by atoms with E-state index in [1.165, 1.54) is 0 Å². The third kappa shape index (κ3) is 7.07. The largest absolute Gasteiger partial charge is 0.490 e. The van der Waals surface area contributed by atoms with Gasteiger partial charge < -0.3 is 19.5 Å². The van der Waals surface area contributed by atoms with E-state index < -0.39 is 0 Å². The van der Waals surface area contributed by atoms with Crippen molar-refractivity contribution >= 4 is 11.6 Å². The van der Waals surface area contributed by atoms with E-state index >= 15 is 0 Å². The highest BCUT2D eigenvalue weighted by Gasteiger charge is 2.11. The Morgan fingerprint density at radius 2 is 1.52 bits per heavy atom. The van der Waals surface area contributed by atoms with E-state index in [1.807, 2.05) is 72.8 Å². The van der Waals surface area contributed by atoms with Crippen LogP contribution in [0, 0.1) is 0 Å². The van der Waals surface area contributed by atoms with Crippen molar-refractivity contribution in [2.24, 2.45) is 0 Å². The number of hydrogen-bond acceptors (Lipinski definition) is 4. The smallest absolute Gasteiger partial charge is 0.262 e. The highest BCUT2D eigenvalue weighted by Crippen LogP contribution is 2.28. The molecule has 0 bridgehead atoms. The average Bonchev–Trinajstić information content (AvgIpc) is 2.81. The second kappa shape index (κ2) is 11.6. The van der Waals surface area contributed by atoms with Crippen molar-refractivity contribution in [1.29, 1.82) is 0 Å². The first-order valence-electron chi connectivity index (χ1n) is 10.6. The van der Waals surface area contributed by atoms with Crippen LogP contribution < -0.4 is 19.5 Å². The number of amides is 1. The maximum Gasteiger partial charge on any atom is 0.262 e. The van der Waals surface area contributed by atoms with Crippen LogP contribution in [0.25, 0.3) is 0 Å². The second-order valence-electron chi connectivity index (χ2n) is 7.22. The number of para-hydroxylation sites is 2. The van der Waals surface area contributed by atoms with Crippen LogP contribution in [0.3, 0.4) is 0 Å². The molecule has 5 nitrogen and oxygen atoms in total. The summed E-state index contributed by atoms with van der Waals surface area (Å²) in [5.74, 6) is 2.38. The van der Waals surface area contributed by atoms with Crippen molar-refractivity contribution in [2.75, 3.05) is 25.1 Å². The molecule has 1 N–H and O–H groups in total. The Morgan fingerprint density at radius 1 is 0.839 bits per heavy atom. The number of rotatable bonds is 11. The minimum atomic E-state index is -0.219. The molecule has 0 spiro atoms. The van der Waals surface area contributed by atoms with E-state index in [-0.39, 0.29) is 12.5 Å². The summed E-state index contributed by atoms with van der Waals surface area (Å²) in [5.41, 5.74) is 1.77. The number of carbonyl (C=O) groups is 1. The van der Waals surface area contributed by atoms with Gasteiger partial charge in [-0.2, -0.15) is 0 Å². The topological polar surface area (TPSA) is 56.8 Å². The third-order valence-electron chi connectivity index (χ3n) is 4.90. The van der Waals surface area contributed by atoms with Crippen molar-refractivity contribution < 1.29 is 19.0 Å². The van der Waals surface area contributed by atoms with Crippen LogP contribution in [0.1, 0.15) is 31.7 Å². The van der Waals surface area contributed by atoms with Crippen molar-refractivity contribution in [2.45, 2.75) is 26.2 Å². The van der Waals surface area contributed by atoms with Gasteiger partial charge in [-0.1, -0.05) is 56.3 Å². The standard InChI is InChI=1S/C26H29NO4/c1-3-20(2)24-14-7-8-15-25(24)31-19-26(28)27-21-10-9-13-23(18-21)30-17-16-29-22-11-5-4-6-12-22/h4-15,18,20H,3,16-17,19H2,1-2H3,(H,27,28). The van der Waals surface area contributed by atoms with Crippen molar-refractivity contribution in [3.63, 3.8) is 0 Å². The van der Waals surface area contributed by atoms with Crippen LogP contribution in [-0.4, -0.2) is 25.7 Å². The van der Waals surface area contributed by atoms with Gasteiger partial charge in [0.2, 0.25) is 0 Å². The van der Waals surface area contributed by atoms with Crippen LogP contribution in [0.15, 0.2) is 78.9 Å². The lowest BCUT2D eigenvalue weighted by Gasteiger charge is -2.15. The fraction of sp³-hybridized carbons (Fsp3) is 0.269. The summed E-state index contributed by atoms with van der Waals surface area (Å²) >= 11 is 0. The van der Waals surface area contributed by atoms with Crippen LogP contribution in [0.4, 0.5) is 5.69 Å². The maximum atomic E-state index is 12.4. The molecule has 0 saturated heterocycles. The Morgan fingerprint density at radius 3 is 2.29 bits per heavy atom. The van der Waals surface area contributed by atoms with Gasteiger partial charge in [0.1, 0.15) is 30.5 Å². The van der Waals surface area contributed by atoms with Crippen LogP contribution in [0.5, 0.6) is 17.2 Å². The lowest BCUT2D eigenvalue weighted by Crippen LogP contribution is -2.20. The first-order chi connectivity index (χ1) is 15.2. The monoisotopic (exact) mass is 419 g/mol. The average molecular weight is 420 g/mol. The number of ether oxygens (including phenoxy) is 3. The summed E-state index contributed by atoms with van der Waals surface area (Å²) < 4.78 is 17.1. The van der Waals surface area contributed by atoms with Crippen LogP contribution in [0.2, 0.25) is 0 Å².